The van der Waals surface area contributed by atoms with E-state index in [1.54, 1.807) is 0 Å². The molecule has 0 saturated carbocycles. The minimum Gasteiger partial charge on any atom is -0.481 e. The average Bonchev–Trinajstić information content (AvgIpc) is 2.30. The molecule has 0 aromatic heterocycles. The van der Waals surface area contributed by atoms with Crippen LogP contribution >= 0.6 is 0 Å². The minimum absolute atomic E-state index is 0.0424. The van der Waals surface area contributed by atoms with E-state index in [1.807, 2.05) is 7.05 Å². The topological polar surface area (TPSA) is 49.8 Å². The van der Waals surface area contributed by atoms with Crippen molar-refractivity contribution in [1.82, 2.24) is 4.90 Å². The van der Waals surface area contributed by atoms with E-state index in [2.05, 4.69) is 25.7 Å². The van der Waals surface area contributed by atoms with Crippen molar-refractivity contribution < 1.29 is 14.6 Å². The van der Waals surface area contributed by atoms with Gasteiger partial charge < -0.3 is 14.7 Å². The van der Waals surface area contributed by atoms with Gasteiger partial charge >= 0.3 is 5.97 Å². The van der Waals surface area contributed by atoms with Crippen LogP contribution in [0.15, 0.2) is 0 Å². The molecule has 0 bridgehead atoms. The van der Waals surface area contributed by atoms with Crippen LogP contribution in [0, 0.1) is 5.41 Å². The predicted octanol–water partition coefficient (Wildman–Crippen LogP) is 1.99. The van der Waals surface area contributed by atoms with Gasteiger partial charge in [0.25, 0.3) is 0 Å². The normalized spacial score (nSPS) is 20.5. The van der Waals surface area contributed by atoms with E-state index < -0.39 is 11.4 Å². The molecule has 0 aliphatic carbocycles. The van der Waals surface area contributed by atoms with Crippen LogP contribution in [-0.2, 0) is 9.53 Å². The van der Waals surface area contributed by atoms with Crippen LogP contribution in [0.3, 0.4) is 0 Å². The van der Waals surface area contributed by atoms with Gasteiger partial charge in [0.05, 0.1) is 5.41 Å². The Kier molecular flexibility index (Phi) is 4.55. The van der Waals surface area contributed by atoms with Crippen molar-refractivity contribution in [2.75, 3.05) is 26.8 Å². The summed E-state index contributed by atoms with van der Waals surface area (Å²) in [4.78, 5) is 13.7. The average molecular weight is 243 g/mol. The largest absolute Gasteiger partial charge is 0.481 e. The van der Waals surface area contributed by atoms with Gasteiger partial charge in [0.1, 0.15) is 0 Å². The van der Waals surface area contributed by atoms with Gasteiger partial charge in [-0.05, 0) is 40.2 Å². The lowest BCUT2D eigenvalue weighted by Crippen LogP contribution is -2.51. The Hall–Kier alpha value is -0.610. The van der Waals surface area contributed by atoms with Gasteiger partial charge in [-0.25, -0.2) is 0 Å². The minimum atomic E-state index is -0.681. The number of nitrogens with zero attached hydrogens (tertiary/aromatic N) is 1. The second-order valence-corrected chi connectivity index (χ2v) is 5.72. The molecule has 1 aliphatic heterocycles. The zero-order valence-electron chi connectivity index (χ0n) is 11.5. The second-order valence-electron chi connectivity index (χ2n) is 5.72. The zero-order valence-corrected chi connectivity index (χ0v) is 11.5. The van der Waals surface area contributed by atoms with Gasteiger partial charge in [-0.1, -0.05) is 6.92 Å². The summed E-state index contributed by atoms with van der Waals surface area (Å²) in [6.45, 7) is 8.17. The standard InChI is InChI=1S/C13H25NO3/c1-5-12(2,3)14(4)10-13(11(15)16)6-8-17-9-7-13/h5-10H2,1-4H3,(H,15,16). The molecule has 1 fully saturated rings. The Balaban J connectivity index is 2.77. The Morgan fingerprint density at radius 1 is 1.41 bits per heavy atom. The number of aliphatic carboxylic acids is 1. The first-order valence-corrected chi connectivity index (χ1v) is 6.36. The fourth-order valence-corrected chi connectivity index (χ4v) is 2.14. The van der Waals surface area contributed by atoms with Crippen LogP contribution in [0.2, 0.25) is 0 Å². The molecule has 0 unspecified atom stereocenters. The van der Waals surface area contributed by atoms with Gasteiger partial charge in [-0.3, -0.25) is 4.79 Å². The molecular weight excluding hydrogens is 218 g/mol. The highest BCUT2D eigenvalue weighted by Crippen LogP contribution is 2.33. The lowest BCUT2D eigenvalue weighted by molar-refractivity contribution is -0.157. The van der Waals surface area contributed by atoms with Crippen molar-refractivity contribution in [2.45, 2.75) is 45.6 Å². The van der Waals surface area contributed by atoms with Crippen molar-refractivity contribution in [3.63, 3.8) is 0 Å². The summed E-state index contributed by atoms with van der Waals surface area (Å²) in [7, 11) is 2.02. The molecule has 4 nitrogen and oxygen atoms in total. The highest BCUT2D eigenvalue weighted by molar-refractivity contribution is 5.75. The molecule has 0 spiro atoms. The van der Waals surface area contributed by atoms with Crippen LogP contribution in [0.4, 0.5) is 0 Å². The van der Waals surface area contributed by atoms with Crippen molar-refractivity contribution in [2.24, 2.45) is 5.41 Å². The number of rotatable bonds is 5. The van der Waals surface area contributed by atoms with Crippen LogP contribution < -0.4 is 0 Å². The Morgan fingerprint density at radius 3 is 2.35 bits per heavy atom. The molecule has 0 amide bonds. The Labute approximate surface area is 104 Å². The van der Waals surface area contributed by atoms with E-state index in [1.165, 1.54) is 0 Å². The van der Waals surface area contributed by atoms with Crippen LogP contribution in [0.25, 0.3) is 0 Å². The molecule has 0 aromatic carbocycles. The lowest BCUT2D eigenvalue weighted by Gasteiger charge is -2.42. The number of hydrogen-bond donors (Lipinski definition) is 1. The third-order valence-electron chi connectivity index (χ3n) is 4.34. The first-order chi connectivity index (χ1) is 7.84. The Bertz CT molecular complexity index is 270. The number of carboxylic acids is 1. The molecule has 4 heteroatoms. The van der Waals surface area contributed by atoms with E-state index in [4.69, 9.17) is 4.74 Å². The SMILES string of the molecule is CCC(C)(C)N(C)CC1(C(=O)O)CCOCC1. The maximum absolute atomic E-state index is 11.5. The van der Waals surface area contributed by atoms with Gasteiger partial charge in [0.2, 0.25) is 0 Å². The summed E-state index contributed by atoms with van der Waals surface area (Å²) in [6, 6.07) is 0. The molecule has 17 heavy (non-hydrogen) atoms. The highest BCUT2D eigenvalue weighted by Gasteiger charge is 2.42. The molecule has 0 aromatic rings. The van der Waals surface area contributed by atoms with Gasteiger partial charge in [-0.15, -0.1) is 0 Å². The van der Waals surface area contributed by atoms with Crippen molar-refractivity contribution in [1.29, 1.82) is 0 Å². The molecule has 1 heterocycles. The van der Waals surface area contributed by atoms with Crippen molar-refractivity contribution in [3.8, 4) is 0 Å². The Morgan fingerprint density at radius 2 is 1.94 bits per heavy atom. The predicted molar refractivity (Wildman–Crippen MR) is 67.1 cm³/mol. The molecule has 100 valence electrons. The summed E-state index contributed by atoms with van der Waals surface area (Å²) < 4.78 is 5.29. The maximum Gasteiger partial charge on any atom is 0.311 e. The quantitative estimate of drug-likeness (QED) is 0.802. The fraction of sp³-hybridized carbons (Fsp3) is 0.923. The summed E-state index contributed by atoms with van der Waals surface area (Å²) in [6.07, 6.45) is 2.24. The molecule has 1 N–H and O–H groups in total. The van der Waals surface area contributed by atoms with E-state index in [-0.39, 0.29) is 5.54 Å². The summed E-state index contributed by atoms with van der Waals surface area (Å²) in [5.41, 5.74) is -0.583. The number of carboxylic acid groups (broad SMARTS) is 1. The highest BCUT2D eigenvalue weighted by atomic mass is 16.5. The maximum atomic E-state index is 11.5. The number of carbonyl (C=O) groups is 1. The van der Waals surface area contributed by atoms with Gasteiger partial charge in [-0.2, -0.15) is 0 Å². The van der Waals surface area contributed by atoms with E-state index in [0.29, 0.717) is 32.6 Å². The van der Waals surface area contributed by atoms with Gasteiger partial charge in [0.15, 0.2) is 0 Å². The summed E-state index contributed by atoms with van der Waals surface area (Å²) in [5, 5.41) is 9.49. The van der Waals surface area contributed by atoms with Crippen LogP contribution in [0.5, 0.6) is 0 Å². The molecule has 0 atom stereocenters. The van der Waals surface area contributed by atoms with E-state index in [9.17, 15) is 9.90 Å². The lowest BCUT2D eigenvalue weighted by atomic mass is 9.79. The summed E-state index contributed by atoms with van der Waals surface area (Å²) >= 11 is 0. The molecule has 1 aliphatic rings. The zero-order chi connectivity index (χ0) is 13.1. The third-order valence-corrected chi connectivity index (χ3v) is 4.34. The van der Waals surface area contributed by atoms with Crippen molar-refractivity contribution >= 4 is 5.97 Å². The third kappa shape index (κ3) is 3.19. The van der Waals surface area contributed by atoms with E-state index in [0.717, 1.165) is 6.42 Å². The second kappa shape index (κ2) is 5.36. The molecule has 0 radical (unpaired) electrons. The number of ether oxygens (including phenoxy) is 1. The molecule has 1 saturated heterocycles. The first kappa shape index (κ1) is 14.5. The van der Waals surface area contributed by atoms with Crippen LogP contribution in [-0.4, -0.2) is 48.3 Å². The van der Waals surface area contributed by atoms with E-state index >= 15 is 0 Å². The van der Waals surface area contributed by atoms with Crippen LogP contribution in [0.1, 0.15) is 40.0 Å². The molecular formula is C13H25NO3. The summed E-state index contributed by atoms with van der Waals surface area (Å²) in [5.74, 6) is -0.681. The van der Waals surface area contributed by atoms with Gasteiger partial charge in [0, 0.05) is 25.3 Å². The fourth-order valence-electron chi connectivity index (χ4n) is 2.14. The molecule has 1 rings (SSSR count). The smallest absolute Gasteiger partial charge is 0.311 e. The number of hydrogen-bond acceptors (Lipinski definition) is 3. The van der Waals surface area contributed by atoms with Crippen molar-refractivity contribution in [3.05, 3.63) is 0 Å². The first-order valence-electron chi connectivity index (χ1n) is 6.36. The monoisotopic (exact) mass is 243 g/mol.